The molecule has 1 aliphatic heterocycles. The molecule has 1 aromatic carbocycles. The minimum Gasteiger partial charge on any atom is -0.496 e. The van der Waals surface area contributed by atoms with Crippen LogP contribution >= 0.6 is 0 Å². The van der Waals surface area contributed by atoms with E-state index in [0.717, 1.165) is 11.6 Å². The molecule has 18 heavy (non-hydrogen) atoms. The Morgan fingerprint density at radius 3 is 2.61 bits per heavy atom. The van der Waals surface area contributed by atoms with Crippen molar-refractivity contribution in [2.75, 3.05) is 19.8 Å². The van der Waals surface area contributed by atoms with E-state index in [0.29, 0.717) is 19.8 Å². The van der Waals surface area contributed by atoms with Gasteiger partial charge in [-0.15, -0.1) is 0 Å². The molecule has 2 rings (SSSR count). The lowest BCUT2D eigenvalue weighted by atomic mass is 10.1. The zero-order valence-electron chi connectivity index (χ0n) is 11.0. The van der Waals surface area contributed by atoms with Crippen LogP contribution in [0.3, 0.4) is 0 Å². The van der Waals surface area contributed by atoms with Crippen LogP contribution in [0.1, 0.15) is 20.3 Å². The molecule has 0 radical (unpaired) electrons. The van der Waals surface area contributed by atoms with E-state index >= 15 is 0 Å². The van der Waals surface area contributed by atoms with Crippen LogP contribution in [0, 0.1) is 0 Å². The highest BCUT2D eigenvalue weighted by Crippen LogP contribution is 2.12. The lowest BCUT2D eigenvalue weighted by Crippen LogP contribution is -2.33. The van der Waals surface area contributed by atoms with Gasteiger partial charge in [-0.05, 0) is 24.6 Å². The van der Waals surface area contributed by atoms with Gasteiger partial charge in [0.15, 0.2) is 6.29 Å². The molecule has 1 aliphatic rings. The Labute approximate surface area is 108 Å². The van der Waals surface area contributed by atoms with E-state index in [1.807, 2.05) is 32.2 Å². The van der Waals surface area contributed by atoms with E-state index in [1.54, 1.807) is 0 Å². The summed E-state index contributed by atoms with van der Waals surface area (Å²) in [7, 11) is 0. The van der Waals surface area contributed by atoms with Gasteiger partial charge in [0, 0.05) is 24.9 Å². The van der Waals surface area contributed by atoms with E-state index in [1.165, 1.54) is 10.8 Å². The van der Waals surface area contributed by atoms with Crippen LogP contribution in [0.4, 0.5) is 0 Å². The number of hydrogen-bond donors (Lipinski definition) is 0. The van der Waals surface area contributed by atoms with Gasteiger partial charge in [0.1, 0.15) is 6.61 Å². The molecule has 98 valence electrons. The molecule has 0 fully saturated rings. The summed E-state index contributed by atoms with van der Waals surface area (Å²) >= 11 is 0. The third-order valence-electron chi connectivity index (χ3n) is 2.93. The predicted molar refractivity (Wildman–Crippen MR) is 71.2 cm³/mol. The molecule has 0 saturated heterocycles. The van der Waals surface area contributed by atoms with Crippen LogP contribution in [0.2, 0.25) is 0 Å². The first-order valence-electron chi connectivity index (χ1n) is 6.47. The van der Waals surface area contributed by atoms with Crippen molar-refractivity contribution in [3.8, 4) is 0 Å². The molecule has 0 saturated carbocycles. The Morgan fingerprint density at radius 2 is 1.89 bits per heavy atom. The molecule has 3 heteroatoms. The van der Waals surface area contributed by atoms with Gasteiger partial charge in [-0.25, -0.2) is 0 Å². The van der Waals surface area contributed by atoms with Crippen LogP contribution in [0.5, 0.6) is 0 Å². The zero-order valence-corrected chi connectivity index (χ0v) is 11.0. The van der Waals surface area contributed by atoms with Gasteiger partial charge in [0.2, 0.25) is 0 Å². The van der Waals surface area contributed by atoms with Crippen LogP contribution in [0.25, 0.3) is 11.8 Å². The third-order valence-corrected chi connectivity index (χ3v) is 2.93. The molecule has 0 N–H and O–H groups in total. The standard InChI is InChI=1S/C15H20O3/c1-3-17-15(18-4-2)9-13-11-16-10-12-7-5-6-8-14(12)13/h5-8,10,15H,3-4,9,11H2,1-2H3. The summed E-state index contributed by atoms with van der Waals surface area (Å²) < 4.78 is 16.7. The summed E-state index contributed by atoms with van der Waals surface area (Å²) in [6.07, 6.45) is 2.40. The van der Waals surface area contributed by atoms with E-state index in [9.17, 15) is 0 Å². The first kappa shape index (κ1) is 13.1. The SMILES string of the molecule is CCOC(CC1=c2ccccc2=COC1)OCC. The first-order chi connectivity index (χ1) is 8.85. The van der Waals surface area contributed by atoms with Crippen molar-refractivity contribution in [3.63, 3.8) is 0 Å². The molecular weight excluding hydrogens is 228 g/mol. The van der Waals surface area contributed by atoms with Crippen LogP contribution in [-0.2, 0) is 14.2 Å². The normalized spacial score (nSPS) is 14.1. The Morgan fingerprint density at radius 1 is 1.17 bits per heavy atom. The Hall–Kier alpha value is -1.32. The molecule has 0 aromatic heterocycles. The smallest absolute Gasteiger partial charge is 0.161 e. The van der Waals surface area contributed by atoms with Crippen molar-refractivity contribution < 1.29 is 14.2 Å². The largest absolute Gasteiger partial charge is 0.496 e. The topological polar surface area (TPSA) is 27.7 Å². The minimum absolute atomic E-state index is 0.176. The predicted octanol–water partition coefficient (Wildman–Crippen LogP) is 1.39. The van der Waals surface area contributed by atoms with Gasteiger partial charge in [0.25, 0.3) is 0 Å². The van der Waals surface area contributed by atoms with Gasteiger partial charge in [0.05, 0.1) is 6.26 Å². The average molecular weight is 248 g/mol. The van der Waals surface area contributed by atoms with Gasteiger partial charge >= 0.3 is 0 Å². The average Bonchev–Trinajstić information content (AvgIpc) is 2.40. The number of benzene rings is 1. The van der Waals surface area contributed by atoms with Crippen molar-refractivity contribution in [2.45, 2.75) is 26.6 Å². The Bertz CT molecular complexity index is 487. The molecular formula is C15H20O3. The molecule has 1 aromatic rings. The second-order valence-electron chi connectivity index (χ2n) is 4.16. The maximum atomic E-state index is 5.59. The molecule has 3 nitrogen and oxygen atoms in total. The Balaban J connectivity index is 2.25. The molecule has 0 spiro atoms. The molecule has 1 heterocycles. The fraction of sp³-hybridized carbons (Fsp3) is 0.467. The summed E-state index contributed by atoms with van der Waals surface area (Å²) in [5.41, 5.74) is 1.24. The van der Waals surface area contributed by atoms with Crippen molar-refractivity contribution in [1.82, 2.24) is 0 Å². The second-order valence-corrected chi connectivity index (χ2v) is 4.16. The lowest BCUT2D eigenvalue weighted by Gasteiger charge is -2.20. The zero-order chi connectivity index (χ0) is 12.8. The van der Waals surface area contributed by atoms with Gasteiger partial charge < -0.3 is 14.2 Å². The molecule has 0 amide bonds. The number of hydrogen-bond acceptors (Lipinski definition) is 3. The minimum atomic E-state index is -0.176. The summed E-state index contributed by atoms with van der Waals surface area (Å²) in [5, 5.41) is 2.37. The van der Waals surface area contributed by atoms with Crippen molar-refractivity contribution in [2.24, 2.45) is 0 Å². The van der Waals surface area contributed by atoms with Crippen LogP contribution in [-0.4, -0.2) is 26.1 Å². The van der Waals surface area contributed by atoms with Crippen LogP contribution in [0.15, 0.2) is 24.3 Å². The Kier molecular flexibility index (Phi) is 4.79. The molecule has 0 aliphatic carbocycles. The second kappa shape index (κ2) is 6.57. The number of fused-ring (bicyclic) bond motifs is 1. The summed E-state index contributed by atoms with van der Waals surface area (Å²) in [4.78, 5) is 0. The third kappa shape index (κ3) is 3.12. The quantitative estimate of drug-likeness (QED) is 0.712. The highest BCUT2D eigenvalue weighted by atomic mass is 16.7. The first-order valence-corrected chi connectivity index (χ1v) is 6.47. The highest BCUT2D eigenvalue weighted by Gasteiger charge is 2.14. The lowest BCUT2D eigenvalue weighted by molar-refractivity contribution is -0.132. The highest BCUT2D eigenvalue weighted by molar-refractivity contribution is 5.49. The number of ether oxygens (including phenoxy) is 3. The van der Waals surface area contributed by atoms with Gasteiger partial charge in [-0.3, -0.25) is 0 Å². The maximum absolute atomic E-state index is 5.59. The molecule has 0 bridgehead atoms. The van der Waals surface area contributed by atoms with E-state index < -0.39 is 0 Å². The summed E-state index contributed by atoms with van der Waals surface area (Å²) in [6.45, 7) is 5.90. The van der Waals surface area contributed by atoms with E-state index in [2.05, 4.69) is 12.1 Å². The van der Waals surface area contributed by atoms with Gasteiger partial charge in [-0.1, -0.05) is 24.3 Å². The summed E-state index contributed by atoms with van der Waals surface area (Å²) in [6, 6.07) is 8.25. The maximum Gasteiger partial charge on any atom is 0.161 e. The van der Waals surface area contributed by atoms with E-state index in [-0.39, 0.29) is 6.29 Å². The van der Waals surface area contributed by atoms with Crippen molar-refractivity contribution in [3.05, 3.63) is 34.7 Å². The fourth-order valence-electron chi connectivity index (χ4n) is 2.14. The van der Waals surface area contributed by atoms with Crippen molar-refractivity contribution in [1.29, 1.82) is 0 Å². The van der Waals surface area contributed by atoms with E-state index in [4.69, 9.17) is 14.2 Å². The van der Waals surface area contributed by atoms with Crippen LogP contribution < -0.4 is 10.4 Å². The van der Waals surface area contributed by atoms with Crippen molar-refractivity contribution >= 4 is 11.8 Å². The number of rotatable bonds is 6. The molecule has 0 atom stereocenters. The van der Waals surface area contributed by atoms with Gasteiger partial charge in [-0.2, -0.15) is 0 Å². The summed E-state index contributed by atoms with van der Waals surface area (Å²) in [5.74, 6) is 0. The monoisotopic (exact) mass is 248 g/mol. The fourth-order valence-corrected chi connectivity index (χ4v) is 2.14. The molecule has 0 unspecified atom stereocenters.